The fourth-order valence-corrected chi connectivity index (χ4v) is 6.23. The predicted molar refractivity (Wildman–Crippen MR) is 99.1 cm³/mol. The third-order valence-corrected chi connectivity index (χ3v) is 7.77. The van der Waals surface area contributed by atoms with E-state index in [0.29, 0.717) is 5.92 Å². The molecule has 2 aromatic carbocycles. The molecule has 0 fully saturated rings. The SMILES string of the molecule is CC(CNc1ccc(OC(F)(F)F)cc1)C[Si](C)(C)c1ccccc1. The van der Waals surface area contributed by atoms with Crippen molar-refractivity contribution in [3.05, 3.63) is 54.6 Å². The lowest BCUT2D eigenvalue weighted by molar-refractivity contribution is -0.274. The minimum atomic E-state index is -4.66. The van der Waals surface area contributed by atoms with Crippen molar-refractivity contribution in [2.75, 3.05) is 11.9 Å². The molecule has 0 aliphatic carbocycles. The maximum Gasteiger partial charge on any atom is 0.573 e. The third-order valence-electron chi connectivity index (χ3n) is 4.16. The third kappa shape index (κ3) is 6.46. The molecule has 25 heavy (non-hydrogen) atoms. The van der Waals surface area contributed by atoms with Gasteiger partial charge in [-0.2, -0.15) is 0 Å². The minimum absolute atomic E-state index is 0.205. The van der Waals surface area contributed by atoms with Crippen molar-refractivity contribution in [2.45, 2.75) is 32.4 Å². The monoisotopic (exact) mass is 367 g/mol. The Hall–Kier alpha value is -1.95. The van der Waals surface area contributed by atoms with Gasteiger partial charge in [-0.05, 0) is 36.2 Å². The van der Waals surface area contributed by atoms with Crippen LogP contribution in [0.4, 0.5) is 18.9 Å². The molecule has 0 amide bonds. The molecule has 136 valence electrons. The van der Waals surface area contributed by atoms with Crippen LogP contribution in [0.25, 0.3) is 0 Å². The Labute approximate surface area is 148 Å². The number of ether oxygens (including phenoxy) is 1. The van der Waals surface area contributed by atoms with Gasteiger partial charge in [0.2, 0.25) is 0 Å². The van der Waals surface area contributed by atoms with E-state index >= 15 is 0 Å². The van der Waals surface area contributed by atoms with Crippen LogP contribution < -0.4 is 15.2 Å². The van der Waals surface area contributed by atoms with Gasteiger partial charge in [0.05, 0.1) is 8.07 Å². The zero-order valence-electron chi connectivity index (χ0n) is 14.7. The summed E-state index contributed by atoms with van der Waals surface area (Å²) in [7, 11) is -1.50. The van der Waals surface area contributed by atoms with E-state index in [1.807, 2.05) is 6.07 Å². The Morgan fingerprint density at radius 3 is 2.16 bits per heavy atom. The van der Waals surface area contributed by atoms with Crippen molar-refractivity contribution < 1.29 is 17.9 Å². The molecule has 2 nitrogen and oxygen atoms in total. The largest absolute Gasteiger partial charge is 0.573 e. The number of rotatable bonds is 7. The van der Waals surface area contributed by atoms with E-state index in [2.05, 4.69) is 54.3 Å². The number of benzene rings is 2. The second kappa shape index (κ2) is 7.95. The van der Waals surface area contributed by atoms with E-state index < -0.39 is 14.4 Å². The summed E-state index contributed by atoms with van der Waals surface area (Å²) in [5, 5.41) is 4.73. The number of nitrogens with one attached hydrogen (secondary N) is 1. The number of anilines is 1. The summed E-state index contributed by atoms with van der Waals surface area (Å²) in [6, 6.07) is 17.6. The molecule has 2 aromatic rings. The Morgan fingerprint density at radius 1 is 1.00 bits per heavy atom. The maximum atomic E-state index is 12.2. The quantitative estimate of drug-likeness (QED) is 0.675. The zero-order chi connectivity index (χ0) is 18.5. The number of hydrogen-bond donors (Lipinski definition) is 1. The van der Waals surface area contributed by atoms with Gasteiger partial charge in [-0.1, -0.05) is 55.5 Å². The van der Waals surface area contributed by atoms with Crippen LogP contribution in [0.3, 0.4) is 0 Å². The minimum Gasteiger partial charge on any atom is -0.406 e. The first-order chi connectivity index (χ1) is 11.7. The Kier molecular flexibility index (Phi) is 6.16. The molecular formula is C19H24F3NOSi. The molecule has 0 aromatic heterocycles. The molecule has 0 saturated heterocycles. The summed E-state index contributed by atoms with van der Waals surface area (Å²) < 4.78 is 40.4. The summed E-state index contributed by atoms with van der Waals surface area (Å²) in [6.07, 6.45) is -4.66. The number of hydrogen-bond acceptors (Lipinski definition) is 2. The molecule has 0 bridgehead atoms. The normalized spacial score (nSPS) is 13.4. The molecule has 0 spiro atoms. The smallest absolute Gasteiger partial charge is 0.406 e. The van der Waals surface area contributed by atoms with Gasteiger partial charge in [0, 0.05) is 12.2 Å². The van der Waals surface area contributed by atoms with E-state index in [-0.39, 0.29) is 5.75 Å². The predicted octanol–water partition coefficient (Wildman–Crippen LogP) is 5.25. The van der Waals surface area contributed by atoms with E-state index in [4.69, 9.17) is 0 Å². The molecule has 1 unspecified atom stereocenters. The first-order valence-corrected chi connectivity index (χ1v) is 11.5. The van der Waals surface area contributed by atoms with Crippen LogP contribution in [0, 0.1) is 5.92 Å². The van der Waals surface area contributed by atoms with Gasteiger partial charge in [-0.3, -0.25) is 0 Å². The van der Waals surface area contributed by atoms with Crippen molar-refractivity contribution in [3.63, 3.8) is 0 Å². The first-order valence-electron chi connectivity index (χ1n) is 8.31. The van der Waals surface area contributed by atoms with Crippen LogP contribution in [0.5, 0.6) is 5.75 Å². The second-order valence-corrected chi connectivity index (χ2v) is 11.8. The van der Waals surface area contributed by atoms with Gasteiger partial charge < -0.3 is 10.1 Å². The molecule has 6 heteroatoms. The van der Waals surface area contributed by atoms with Crippen LogP contribution in [0.1, 0.15) is 6.92 Å². The van der Waals surface area contributed by atoms with E-state index in [0.717, 1.165) is 18.3 Å². The van der Waals surface area contributed by atoms with Crippen molar-refractivity contribution >= 4 is 18.9 Å². The maximum absolute atomic E-state index is 12.2. The highest BCUT2D eigenvalue weighted by Crippen LogP contribution is 2.24. The fraction of sp³-hybridized carbons (Fsp3) is 0.368. The van der Waals surface area contributed by atoms with Crippen LogP contribution in [0.15, 0.2) is 54.6 Å². The highest BCUT2D eigenvalue weighted by Gasteiger charge is 2.31. The summed E-state index contributed by atoms with van der Waals surface area (Å²) in [6.45, 7) is 7.71. The van der Waals surface area contributed by atoms with Gasteiger partial charge in [0.1, 0.15) is 5.75 Å². The van der Waals surface area contributed by atoms with Crippen molar-refractivity contribution in [3.8, 4) is 5.75 Å². The van der Waals surface area contributed by atoms with E-state index in [1.54, 1.807) is 12.1 Å². The van der Waals surface area contributed by atoms with Crippen LogP contribution in [-0.4, -0.2) is 21.0 Å². The highest BCUT2D eigenvalue weighted by atomic mass is 28.3. The molecule has 0 saturated carbocycles. The molecule has 1 N–H and O–H groups in total. The standard InChI is InChI=1S/C19H24F3NOSi/c1-15(14-25(2,3)18-7-5-4-6-8-18)13-23-16-9-11-17(12-10-16)24-19(20,21)22/h4-12,15,23H,13-14H2,1-3H3. The summed E-state index contributed by atoms with van der Waals surface area (Å²) in [5.41, 5.74) is 0.792. The van der Waals surface area contributed by atoms with Gasteiger partial charge in [0.25, 0.3) is 0 Å². The van der Waals surface area contributed by atoms with Crippen molar-refractivity contribution in [1.82, 2.24) is 0 Å². The second-order valence-electron chi connectivity index (χ2n) is 7.01. The molecule has 2 rings (SSSR count). The lowest BCUT2D eigenvalue weighted by Crippen LogP contribution is -2.43. The molecular weight excluding hydrogens is 343 g/mol. The number of alkyl halides is 3. The first kappa shape index (κ1) is 19.4. The number of halogens is 3. The van der Waals surface area contributed by atoms with Gasteiger partial charge in [-0.25, -0.2) is 0 Å². The molecule has 0 radical (unpaired) electrons. The topological polar surface area (TPSA) is 21.3 Å². The van der Waals surface area contributed by atoms with E-state index in [1.165, 1.54) is 17.3 Å². The van der Waals surface area contributed by atoms with Crippen LogP contribution in [-0.2, 0) is 0 Å². The van der Waals surface area contributed by atoms with Crippen molar-refractivity contribution in [2.24, 2.45) is 5.92 Å². The molecule has 0 heterocycles. The summed E-state index contributed by atoms with van der Waals surface area (Å²) in [5.74, 6) is 0.261. The van der Waals surface area contributed by atoms with Gasteiger partial charge in [0.15, 0.2) is 0 Å². The fourth-order valence-electron chi connectivity index (χ4n) is 3.02. The molecule has 1 atom stereocenters. The lowest BCUT2D eigenvalue weighted by Gasteiger charge is -2.27. The van der Waals surface area contributed by atoms with E-state index in [9.17, 15) is 13.2 Å². The average Bonchev–Trinajstić information content (AvgIpc) is 2.53. The Morgan fingerprint density at radius 2 is 1.60 bits per heavy atom. The summed E-state index contributed by atoms with van der Waals surface area (Å²) in [4.78, 5) is 0. The van der Waals surface area contributed by atoms with Gasteiger partial charge >= 0.3 is 6.36 Å². The average molecular weight is 367 g/mol. The molecule has 0 aliphatic heterocycles. The molecule has 0 aliphatic rings. The Balaban J connectivity index is 1.86. The lowest BCUT2D eigenvalue weighted by atomic mass is 10.2. The summed E-state index contributed by atoms with van der Waals surface area (Å²) >= 11 is 0. The van der Waals surface area contributed by atoms with Gasteiger partial charge in [-0.15, -0.1) is 13.2 Å². The Bertz CT molecular complexity index is 657. The van der Waals surface area contributed by atoms with Crippen LogP contribution >= 0.6 is 0 Å². The highest BCUT2D eigenvalue weighted by molar-refractivity contribution is 6.89. The van der Waals surface area contributed by atoms with Crippen LogP contribution in [0.2, 0.25) is 19.1 Å². The van der Waals surface area contributed by atoms with Crippen molar-refractivity contribution in [1.29, 1.82) is 0 Å². The zero-order valence-corrected chi connectivity index (χ0v) is 15.7.